The van der Waals surface area contributed by atoms with Crippen molar-refractivity contribution in [3.63, 3.8) is 0 Å². The quantitative estimate of drug-likeness (QED) is 0.692. The van der Waals surface area contributed by atoms with Crippen LogP contribution in [0.15, 0.2) is 67.0 Å². The molecule has 130 valence electrons. The van der Waals surface area contributed by atoms with Crippen molar-refractivity contribution >= 4 is 5.91 Å². The summed E-state index contributed by atoms with van der Waals surface area (Å²) in [5, 5.41) is 0. The molecule has 1 amide bonds. The summed E-state index contributed by atoms with van der Waals surface area (Å²) in [4.78, 5) is 18.8. The third-order valence-corrected chi connectivity index (χ3v) is 5.06. The van der Waals surface area contributed by atoms with Gasteiger partial charge in [0, 0.05) is 30.1 Å². The minimum Gasteiger partial charge on any atom is -0.331 e. The first-order valence-corrected chi connectivity index (χ1v) is 8.74. The molecular weight excluding hydrogens is 327 g/mol. The molecule has 26 heavy (non-hydrogen) atoms. The molecule has 1 aromatic heterocycles. The zero-order chi connectivity index (χ0) is 18.1. The number of nitrogens with zero attached hydrogens (tertiary/aromatic N) is 2. The lowest BCUT2D eigenvalue weighted by Gasteiger charge is -2.34. The molecule has 0 spiro atoms. The number of halogens is 1. The molecule has 0 aliphatic carbocycles. The second kappa shape index (κ2) is 6.71. The fourth-order valence-corrected chi connectivity index (χ4v) is 3.58. The number of amides is 1. The topological polar surface area (TPSA) is 33.2 Å². The minimum absolute atomic E-state index is 0.0386. The van der Waals surface area contributed by atoms with E-state index < -0.39 is 0 Å². The Morgan fingerprint density at radius 1 is 1.04 bits per heavy atom. The summed E-state index contributed by atoms with van der Waals surface area (Å²) >= 11 is 0. The van der Waals surface area contributed by atoms with Gasteiger partial charge in [0.05, 0.1) is 6.04 Å². The average Bonchev–Trinajstić information content (AvgIpc) is 2.68. The summed E-state index contributed by atoms with van der Waals surface area (Å²) < 4.78 is 14.1. The zero-order valence-corrected chi connectivity index (χ0v) is 14.5. The molecule has 2 heterocycles. The summed E-state index contributed by atoms with van der Waals surface area (Å²) in [5.74, 6) is -0.310. The largest absolute Gasteiger partial charge is 0.331 e. The van der Waals surface area contributed by atoms with Crippen LogP contribution in [0.4, 0.5) is 4.39 Å². The number of carbonyl (C=O) groups excluding carboxylic acids is 1. The molecule has 3 aromatic rings. The molecule has 0 saturated heterocycles. The Morgan fingerprint density at radius 3 is 2.58 bits per heavy atom. The summed E-state index contributed by atoms with van der Waals surface area (Å²) in [5.41, 5.74) is 4.46. The predicted octanol–water partition coefficient (Wildman–Crippen LogP) is 4.65. The van der Waals surface area contributed by atoms with Gasteiger partial charge in [-0.2, -0.15) is 0 Å². The van der Waals surface area contributed by atoms with Gasteiger partial charge in [0.15, 0.2) is 0 Å². The number of carbonyl (C=O) groups is 1. The highest BCUT2D eigenvalue weighted by atomic mass is 19.1. The minimum atomic E-state index is -0.295. The Hall–Kier alpha value is -3.01. The van der Waals surface area contributed by atoms with E-state index in [4.69, 9.17) is 0 Å². The molecule has 2 aromatic carbocycles. The van der Waals surface area contributed by atoms with Crippen LogP contribution in [0.3, 0.4) is 0 Å². The Balaban J connectivity index is 1.64. The van der Waals surface area contributed by atoms with Crippen LogP contribution in [0.25, 0.3) is 11.1 Å². The van der Waals surface area contributed by atoms with Gasteiger partial charge in [-0.1, -0.05) is 30.3 Å². The normalized spacial score (nSPS) is 14.8. The highest BCUT2D eigenvalue weighted by molar-refractivity contribution is 5.97. The first kappa shape index (κ1) is 16.5. The van der Waals surface area contributed by atoms with Crippen LogP contribution >= 0.6 is 0 Å². The Morgan fingerprint density at radius 2 is 1.81 bits per heavy atom. The predicted molar refractivity (Wildman–Crippen MR) is 99.2 cm³/mol. The van der Waals surface area contributed by atoms with E-state index in [2.05, 4.69) is 11.1 Å². The van der Waals surface area contributed by atoms with Gasteiger partial charge in [0.2, 0.25) is 0 Å². The molecule has 0 saturated carbocycles. The van der Waals surface area contributed by atoms with Crippen LogP contribution in [0.5, 0.6) is 0 Å². The fraction of sp³-hybridized carbons (Fsp3) is 0.182. The maximum Gasteiger partial charge on any atom is 0.254 e. The second-order valence-electron chi connectivity index (χ2n) is 6.55. The SMILES string of the molecule is CC(c1ccccc1F)N1CCc2cc(-c3ccncc3)ccc2C1=O. The Bertz CT molecular complexity index is 955. The van der Waals surface area contributed by atoms with Crippen molar-refractivity contribution in [2.75, 3.05) is 6.54 Å². The summed E-state index contributed by atoms with van der Waals surface area (Å²) in [6.45, 7) is 2.47. The maximum atomic E-state index is 14.1. The first-order valence-electron chi connectivity index (χ1n) is 8.74. The van der Waals surface area contributed by atoms with Crippen molar-refractivity contribution < 1.29 is 9.18 Å². The zero-order valence-electron chi connectivity index (χ0n) is 14.5. The number of hydrogen-bond acceptors (Lipinski definition) is 2. The molecule has 3 nitrogen and oxygen atoms in total. The van der Waals surface area contributed by atoms with Gasteiger partial charge < -0.3 is 4.90 Å². The second-order valence-corrected chi connectivity index (χ2v) is 6.55. The molecule has 1 aliphatic rings. The van der Waals surface area contributed by atoms with E-state index in [1.165, 1.54) is 6.07 Å². The summed E-state index contributed by atoms with van der Waals surface area (Å²) in [6.07, 6.45) is 4.29. The van der Waals surface area contributed by atoms with Crippen LogP contribution in [-0.2, 0) is 6.42 Å². The van der Waals surface area contributed by atoms with E-state index in [-0.39, 0.29) is 17.8 Å². The average molecular weight is 346 g/mol. The smallest absolute Gasteiger partial charge is 0.254 e. The lowest BCUT2D eigenvalue weighted by molar-refractivity contribution is 0.0670. The third kappa shape index (κ3) is 2.88. The molecule has 0 N–H and O–H groups in total. The summed E-state index contributed by atoms with van der Waals surface area (Å²) in [7, 11) is 0. The van der Waals surface area contributed by atoms with Gasteiger partial charge in [0.25, 0.3) is 5.91 Å². The lowest BCUT2D eigenvalue weighted by atomic mass is 9.93. The highest BCUT2D eigenvalue weighted by Crippen LogP contribution is 2.31. The van der Waals surface area contributed by atoms with E-state index in [1.54, 1.807) is 35.5 Å². The van der Waals surface area contributed by atoms with Crippen molar-refractivity contribution in [3.05, 3.63) is 89.5 Å². The summed E-state index contributed by atoms with van der Waals surface area (Å²) in [6, 6.07) is 16.2. The Kier molecular flexibility index (Phi) is 4.25. The number of benzene rings is 2. The number of pyridine rings is 1. The molecule has 4 rings (SSSR count). The van der Waals surface area contributed by atoms with Gasteiger partial charge in [-0.25, -0.2) is 4.39 Å². The van der Waals surface area contributed by atoms with Gasteiger partial charge in [-0.3, -0.25) is 9.78 Å². The molecular formula is C22H19FN2O. The van der Waals surface area contributed by atoms with Crippen molar-refractivity contribution in [1.29, 1.82) is 0 Å². The molecule has 4 heteroatoms. The monoisotopic (exact) mass is 346 g/mol. The molecule has 0 radical (unpaired) electrons. The van der Waals surface area contributed by atoms with Crippen molar-refractivity contribution in [2.24, 2.45) is 0 Å². The van der Waals surface area contributed by atoms with E-state index in [0.29, 0.717) is 17.7 Å². The maximum absolute atomic E-state index is 14.1. The Labute approximate surface area is 152 Å². The number of hydrogen-bond donors (Lipinski definition) is 0. The van der Waals surface area contributed by atoms with Crippen molar-refractivity contribution in [1.82, 2.24) is 9.88 Å². The standard InChI is InChI=1S/C22H19FN2O/c1-15(19-4-2-3-5-21(19)23)25-13-10-18-14-17(6-7-20(18)22(25)26)16-8-11-24-12-9-16/h2-9,11-12,14-15H,10,13H2,1H3. The number of rotatable bonds is 3. The van der Waals surface area contributed by atoms with Crippen LogP contribution in [0, 0.1) is 5.82 Å². The van der Waals surface area contributed by atoms with E-state index >= 15 is 0 Å². The van der Waals surface area contributed by atoms with Crippen molar-refractivity contribution in [3.8, 4) is 11.1 Å². The lowest BCUT2D eigenvalue weighted by Crippen LogP contribution is -2.39. The van der Waals surface area contributed by atoms with Gasteiger partial charge >= 0.3 is 0 Å². The van der Waals surface area contributed by atoms with Gasteiger partial charge in [-0.05, 0) is 54.3 Å². The van der Waals surface area contributed by atoms with Crippen LogP contribution in [0.2, 0.25) is 0 Å². The van der Waals surface area contributed by atoms with Crippen LogP contribution in [-0.4, -0.2) is 22.3 Å². The first-order chi connectivity index (χ1) is 12.6. The van der Waals surface area contributed by atoms with Crippen LogP contribution < -0.4 is 0 Å². The van der Waals surface area contributed by atoms with E-state index in [9.17, 15) is 9.18 Å². The molecule has 0 bridgehead atoms. The number of aromatic nitrogens is 1. The van der Waals surface area contributed by atoms with Crippen molar-refractivity contribution in [2.45, 2.75) is 19.4 Å². The van der Waals surface area contributed by atoms with Gasteiger partial charge in [-0.15, -0.1) is 0 Å². The molecule has 0 fully saturated rings. The molecule has 1 atom stereocenters. The fourth-order valence-electron chi connectivity index (χ4n) is 3.58. The van der Waals surface area contributed by atoms with E-state index in [1.807, 2.05) is 31.2 Å². The van der Waals surface area contributed by atoms with Crippen LogP contribution in [0.1, 0.15) is 34.5 Å². The van der Waals surface area contributed by atoms with E-state index in [0.717, 1.165) is 23.1 Å². The highest BCUT2D eigenvalue weighted by Gasteiger charge is 2.29. The third-order valence-electron chi connectivity index (χ3n) is 5.06. The molecule has 1 unspecified atom stereocenters. The van der Waals surface area contributed by atoms with Gasteiger partial charge in [0.1, 0.15) is 5.82 Å². The number of fused-ring (bicyclic) bond motifs is 1. The molecule has 1 aliphatic heterocycles.